The minimum Gasteiger partial charge on any atom is -0.494 e. The molecule has 0 aliphatic heterocycles. The van der Waals surface area contributed by atoms with E-state index < -0.39 is 5.82 Å². The second-order valence-corrected chi connectivity index (χ2v) is 3.31. The van der Waals surface area contributed by atoms with Crippen LogP contribution in [0.1, 0.15) is 15.9 Å². The first-order valence-electron chi connectivity index (χ1n) is 4.85. The lowest BCUT2D eigenvalue weighted by Gasteiger charge is -2.04. The molecule has 4 nitrogen and oxygen atoms in total. The highest BCUT2D eigenvalue weighted by Crippen LogP contribution is 2.19. The van der Waals surface area contributed by atoms with E-state index in [9.17, 15) is 9.18 Å². The highest BCUT2D eigenvalue weighted by Gasteiger charge is 2.12. The summed E-state index contributed by atoms with van der Waals surface area (Å²) in [6, 6.07) is 3.94. The van der Waals surface area contributed by atoms with Gasteiger partial charge >= 0.3 is 0 Å². The number of benzene rings is 1. The molecule has 0 spiro atoms. The lowest BCUT2D eigenvalue weighted by Crippen LogP contribution is -2.03. The van der Waals surface area contributed by atoms with Crippen LogP contribution in [0.3, 0.4) is 0 Å². The standard InChI is InChI=1S/C12H9FN2O2/c1-17-11-4-8(2-3-10(11)13)12(16)9-5-14-7-15-6-9/h2-7H,1H3. The summed E-state index contributed by atoms with van der Waals surface area (Å²) in [6.07, 6.45) is 4.15. The minimum absolute atomic E-state index is 0.0349. The first kappa shape index (κ1) is 11.2. The van der Waals surface area contributed by atoms with Crippen molar-refractivity contribution in [1.29, 1.82) is 0 Å². The summed E-state index contributed by atoms with van der Waals surface area (Å²) in [5.74, 6) is -0.745. The van der Waals surface area contributed by atoms with Crippen molar-refractivity contribution in [3.05, 3.63) is 53.9 Å². The molecule has 86 valence electrons. The quantitative estimate of drug-likeness (QED) is 0.758. The molecular formula is C12H9FN2O2. The van der Waals surface area contributed by atoms with Crippen LogP contribution < -0.4 is 4.74 Å². The molecule has 2 rings (SSSR count). The molecule has 0 aliphatic rings. The van der Waals surface area contributed by atoms with Crippen LogP contribution in [0.2, 0.25) is 0 Å². The van der Waals surface area contributed by atoms with E-state index in [1.54, 1.807) is 0 Å². The van der Waals surface area contributed by atoms with Crippen LogP contribution >= 0.6 is 0 Å². The van der Waals surface area contributed by atoms with Gasteiger partial charge in [0.2, 0.25) is 0 Å². The van der Waals surface area contributed by atoms with Crippen LogP contribution in [0, 0.1) is 5.82 Å². The molecule has 0 unspecified atom stereocenters. The monoisotopic (exact) mass is 232 g/mol. The molecule has 2 aromatic rings. The molecule has 17 heavy (non-hydrogen) atoms. The summed E-state index contributed by atoms with van der Waals surface area (Å²) < 4.78 is 18.0. The highest BCUT2D eigenvalue weighted by atomic mass is 19.1. The molecule has 1 heterocycles. The Bertz CT molecular complexity index is 543. The third-order valence-corrected chi connectivity index (χ3v) is 2.24. The van der Waals surface area contributed by atoms with Gasteiger partial charge in [0.1, 0.15) is 6.33 Å². The lowest BCUT2D eigenvalue weighted by atomic mass is 10.1. The summed E-state index contributed by atoms with van der Waals surface area (Å²) in [5.41, 5.74) is 0.680. The second-order valence-electron chi connectivity index (χ2n) is 3.31. The minimum atomic E-state index is -0.506. The molecule has 1 aromatic heterocycles. The van der Waals surface area contributed by atoms with Gasteiger partial charge in [-0.25, -0.2) is 14.4 Å². The van der Waals surface area contributed by atoms with Crippen molar-refractivity contribution >= 4 is 5.78 Å². The SMILES string of the molecule is COc1cc(C(=O)c2cncnc2)ccc1F. The van der Waals surface area contributed by atoms with Crippen molar-refractivity contribution < 1.29 is 13.9 Å². The largest absolute Gasteiger partial charge is 0.494 e. The molecule has 1 aromatic carbocycles. The molecule has 0 bridgehead atoms. The summed E-state index contributed by atoms with van der Waals surface area (Å²) >= 11 is 0. The van der Waals surface area contributed by atoms with E-state index in [4.69, 9.17) is 4.74 Å². The highest BCUT2D eigenvalue weighted by molar-refractivity contribution is 6.08. The van der Waals surface area contributed by atoms with E-state index in [2.05, 4.69) is 9.97 Å². The van der Waals surface area contributed by atoms with Crippen LogP contribution in [0.4, 0.5) is 4.39 Å². The maximum absolute atomic E-state index is 13.2. The summed E-state index contributed by atoms with van der Waals surface area (Å²) in [5, 5.41) is 0. The van der Waals surface area contributed by atoms with Gasteiger partial charge in [-0.1, -0.05) is 0 Å². The van der Waals surface area contributed by atoms with Gasteiger partial charge in [-0.15, -0.1) is 0 Å². The molecule has 0 atom stereocenters. The maximum Gasteiger partial charge on any atom is 0.196 e. The Labute approximate surface area is 97.1 Å². The number of nitrogens with zero attached hydrogens (tertiary/aromatic N) is 2. The van der Waals surface area contributed by atoms with Gasteiger partial charge in [0, 0.05) is 18.0 Å². The van der Waals surface area contributed by atoms with Crippen LogP contribution in [-0.2, 0) is 0 Å². The Kier molecular flexibility index (Phi) is 3.09. The predicted molar refractivity (Wildman–Crippen MR) is 58.4 cm³/mol. The number of aromatic nitrogens is 2. The third kappa shape index (κ3) is 2.28. The Hall–Kier alpha value is -2.30. The van der Waals surface area contributed by atoms with Crippen LogP contribution in [0.5, 0.6) is 5.75 Å². The van der Waals surface area contributed by atoms with Gasteiger partial charge in [0.05, 0.1) is 12.7 Å². The predicted octanol–water partition coefficient (Wildman–Crippen LogP) is 1.86. The Morgan fingerprint density at radius 1 is 1.24 bits per heavy atom. The van der Waals surface area contributed by atoms with Crippen molar-refractivity contribution in [3.8, 4) is 5.75 Å². The third-order valence-electron chi connectivity index (χ3n) is 2.24. The van der Waals surface area contributed by atoms with E-state index >= 15 is 0 Å². The zero-order valence-corrected chi connectivity index (χ0v) is 9.05. The van der Waals surface area contributed by atoms with Crippen LogP contribution in [-0.4, -0.2) is 22.9 Å². The fourth-order valence-electron chi connectivity index (χ4n) is 1.38. The van der Waals surface area contributed by atoms with Gasteiger partial charge in [-0.05, 0) is 18.2 Å². The Morgan fingerprint density at radius 2 is 1.94 bits per heavy atom. The second kappa shape index (κ2) is 4.69. The molecule has 0 radical (unpaired) electrons. The first-order valence-corrected chi connectivity index (χ1v) is 4.85. The molecule has 0 N–H and O–H groups in total. The Balaban J connectivity index is 2.38. The van der Waals surface area contributed by atoms with Crippen LogP contribution in [0.25, 0.3) is 0 Å². The van der Waals surface area contributed by atoms with Gasteiger partial charge in [0.15, 0.2) is 17.3 Å². The van der Waals surface area contributed by atoms with Gasteiger partial charge in [-0.3, -0.25) is 4.79 Å². The molecule has 0 saturated carbocycles. The zero-order chi connectivity index (χ0) is 12.3. The smallest absolute Gasteiger partial charge is 0.196 e. The van der Waals surface area contributed by atoms with E-state index in [0.717, 1.165) is 0 Å². The molecule has 5 heteroatoms. The zero-order valence-electron chi connectivity index (χ0n) is 9.05. The van der Waals surface area contributed by atoms with Gasteiger partial charge < -0.3 is 4.74 Å². The summed E-state index contributed by atoms with van der Waals surface area (Å²) in [4.78, 5) is 19.5. The fraction of sp³-hybridized carbons (Fsp3) is 0.0833. The summed E-state index contributed by atoms with van der Waals surface area (Å²) in [6.45, 7) is 0. The number of ketones is 1. The number of ether oxygens (including phenoxy) is 1. The topological polar surface area (TPSA) is 52.1 Å². The molecule has 0 amide bonds. The summed E-state index contributed by atoms with van der Waals surface area (Å²) in [7, 11) is 1.35. The molecule has 0 aliphatic carbocycles. The van der Waals surface area contributed by atoms with Crippen molar-refractivity contribution in [3.63, 3.8) is 0 Å². The fourth-order valence-corrected chi connectivity index (χ4v) is 1.38. The number of rotatable bonds is 3. The van der Waals surface area contributed by atoms with Crippen molar-refractivity contribution in [1.82, 2.24) is 9.97 Å². The van der Waals surface area contributed by atoms with E-state index in [1.165, 1.54) is 44.0 Å². The molecule has 0 saturated heterocycles. The van der Waals surface area contributed by atoms with E-state index in [-0.39, 0.29) is 11.5 Å². The lowest BCUT2D eigenvalue weighted by molar-refractivity contribution is 0.103. The Morgan fingerprint density at radius 3 is 2.59 bits per heavy atom. The number of carbonyl (C=O) groups excluding carboxylic acids is 1. The number of halogens is 1. The van der Waals surface area contributed by atoms with Crippen LogP contribution in [0.15, 0.2) is 36.9 Å². The van der Waals surface area contributed by atoms with Crippen molar-refractivity contribution in [2.45, 2.75) is 0 Å². The normalized spacial score (nSPS) is 10.0. The van der Waals surface area contributed by atoms with Gasteiger partial charge in [0.25, 0.3) is 0 Å². The number of hydrogen-bond acceptors (Lipinski definition) is 4. The van der Waals surface area contributed by atoms with Crippen molar-refractivity contribution in [2.75, 3.05) is 7.11 Å². The number of carbonyl (C=O) groups is 1. The maximum atomic E-state index is 13.2. The number of hydrogen-bond donors (Lipinski definition) is 0. The average molecular weight is 232 g/mol. The average Bonchev–Trinajstić information content (AvgIpc) is 2.39. The molecule has 0 fully saturated rings. The number of methoxy groups -OCH3 is 1. The molecular weight excluding hydrogens is 223 g/mol. The van der Waals surface area contributed by atoms with E-state index in [0.29, 0.717) is 11.1 Å². The first-order chi connectivity index (χ1) is 8.22. The van der Waals surface area contributed by atoms with E-state index in [1.807, 2.05) is 0 Å². The van der Waals surface area contributed by atoms with Gasteiger partial charge in [-0.2, -0.15) is 0 Å². The van der Waals surface area contributed by atoms with Crippen molar-refractivity contribution in [2.24, 2.45) is 0 Å².